The summed E-state index contributed by atoms with van der Waals surface area (Å²) in [6.45, 7) is 0. The zero-order valence-electron chi connectivity index (χ0n) is 11.2. The molecule has 1 aromatic heterocycles. The molecule has 1 aromatic carbocycles. The molecule has 0 fully saturated rings. The van der Waals surface area contributed by atoms with Crippen molar-refractivity contribution in [2.75, 3.05) is 11.1 Å². The Kier molecular flexibility index (Phi) is 3.42. The third kappa shape index (κ3) is 2.52. The third-order valence-corrected chi connectivity index (χ3v) is 4.64. The zero-order valence-corrected chi connectivity index (χ0v) is 12.1. The molecule has 0 saturated carbocycles. The molecule has 0 spiro atoms. The van der Waals surface area contributed by atoms with E-state index in [-0.39, 0.29) is 16.7 Å². The minimum Gasteiger partial charge on any atom is -0.478 e. The lowest BCUT2D eigenvalue weighted by molar-refractivity contribution is -0.113. The number of aromatic carboxylic acids is 1. The van der Waals surface area contributed by atoms with Crippen LogP contribution in [-0.4, -0.2) is 32.5 Å². The summed E-state index contributed by atoms with van der Waals surface area (Å²) >= 11 is 1.50. The number of aromatic nitrogens is 2. The van der Waals surface area contributed by atoms with E-state index in [1.807, 2.05) is 0 Å². The Bertz CT molecular complexity index is 709. The molecule has 21 heavy (non-hydrogen) atoms. The fourth-order valence-corrected chi connectivity index (χ4v) is 3.38. The molecule has 2 aromatic rings. The summed E-state index contributed by atoms with van der Waals surface area (Å²) < 4.78 is 1.64. The first-order valence-corrected chi connectivity index (χ1v) is 7.37. The molecular weight excluding hydrogens is 290 g/mol. The number of hydrogen-bond donors (Lipinski definition) is 2. The minimum atomic E-state index is -0.950. The van der Waals surface area contributed by atoms with Gasteiger partial charge in [-0.3, -0.25) is 9.48 Å². The second-order valence-corrected chi connectivity index (χ2v) is 5.83. The van der Waals surface area contributed by atoms with Crippen molar-refractivity contribution in [2.45, 2.75) is 5.25 Å². The molecule has 0 aliphatic carbocycles. The van der Waals surface area contributed by atoms with Crippen LogP contribution in [0.25, 0.3) is 0 Å². The number of fused-ring (bicyclic) bond motifs is 1. The summed E-state index contributed by atoms with van der Waals surface area (Å²) in [5.41, 5.74) is 2.13. The summed E-state index contributed by atoms with van der Waals surface area (Å²) in [6.07, 6.45) is 1.74. The lowest BCUT2D eigenvalue weighted by atomic mass is 10.0. The molecule has 2 heterocycles. The van der Waals surface area contributed by atoms with Crippen LogP contribution in [0.15, 0.2) is 30.5 Å². The molecule has 1 atom stereocenters. The van der Waals surface area contributed by atoms with Gasteiger partial charge >= 0.3 is 5.97 Å². The maximum absolute atomic E-state index is 11.8. The Labute approximate surface area is 125 Å². The van der Waals surface area contributed by atoms with Crippen molar-refractivity contribution in [1.29, 1.82) is 0 Å². The zero-order chi connectivity index (χ0) is 15.0. The fraction of sp³-hybridized carbons (Fsp3) is 0.214. The number of carboxylic acids is 1. The number of hydrogen-bond acceptors (Lipinski definition) is 4. The Balaban J connectivity index is 2.01. The second kappa shape index (κ2) is 5.25. The first kappa shape index (κ1) is 13.7. The largest absolute Gasteiger partial charge is 0.478 e. The van der Waals surface area contributed by atoms with E-state index in [1.165, 1.54) is 11.8 Å². The van der Waals surface area contributed by atoms with Crippen molar-refractivity contribution < 1.29 is 14.7 Å². The van der Waals surface area contributed by atoms with Gasteiger partial charge in [0.05, 0.1) is 22.8 Å². The highest BCUT2D eigenvalue weighted by Gasteiger charge is 2.26. The number of carbonyl (C=O) groups excluding carboxylic acids is 1. The predicted octanol–water partition coefficient (Wildman–Crippen LogP) is 1.89. The fourth-order valence-electron chi connectivity index (χ4n) is 2.29. The van der Waals surface area contributed by atoms with Crippen LogP contribution in [0.1, 0.15) is 26.7 Å². The van der Waals surface area contributed by atoms with Crippen LogP contribution >= 0.6 is 11.8 Å². The molecule has 108 valence electrons. The highest BCUT2D eigenvalue weighted by molar-refractivity contribution is 8.00. The number of carbonyl (C=O) groups is 2. The van der Waals surface area contributed by atoms with Gasteiger partial charge in [-0.2, -0.15) is 5.10 Å². The average Bonchev–Trinajstić information content (AvgIpc) is 2.72. The molecule has 0 bridgehead atoms. The first-order chi connectivity index (χ1) is 10.1. The number of thioether (sulfide) groups is 1. The van der Waals surface area contributed by atoms with Crippen molar-refractivity contribution in [3.05, 3.63) is 47.2 Å². The number of carboxylic acid groups (broad SMARTS) is 1. The molecule has 0 radical (unpaired) electrons. The van der Waals surface area contributed by atoms with E-state index in [4.69, 9.17) is 5.11 Å². The molecule has 1 aliphatic heterocycles. The standard InChI is InChI=1S/C14H13N3O3S/c1-17-13-10(6-15-17)12(21-7-11(18)16-13)8-2-4-9(5-3-8)14(19)20/h2-6,12H,7H2,1H3,(H,16,18)(H,19,20)/t12-/m1/s1. The summed E-state index contributed by atoms with van der Waals surface area (Å²) in [5.74, 6) is 0.0285. The number of nitrogens with one attached hydrogen (secondary N) is 1. The van der Waals surface area contributed by atoms with Gasteiger partial charge in [0.15, 0.2) is 0 Å². The second-order valence-electron chi connectivity index (χ2n) is 4.74. The predicted molar refractivity (Wildman–Crippen MR) is 79.5 cm³/mol. The topological polar surface area (TPSA) is 84.2 Å². The average molecular weight is 303 g/mol. The number of benzene rings is 1. The minimum absolute atomic E-state index is 0.0458. The van der Waals surface area contributed by atoms with Crippen LogP contribution in [0.3, 0.4) is 0 Å². The normalized spacial score (nSPS) is 17.8. The molecular formula is C14H13N3O3S. The van der Waals surface area contributed by atoms with E-state index >= 15 is 0 Å². The van der Waals surface area contributed by atoms with Gasteiger partial charge in [-0.1, -0.05) is 12.1 Å². The maximum atomic E-state index is 11.8. The Morgan fingerprint density at radius 3 is 2.81 bits per heavy atom. The summed E-state index contributed by atoms with van der Waals surface area (Å²) in [4.78, 5) is 22.7. The van der Waals surface area contributed by atoms with Gasteiger partial charge < -0.3 is 10.4 Å². The number of rotatable bonds is 2. The Hall–Kier alpha value is -2.28. The van der Waals surface area contributed by atoms with E-state index in [0.29, 0.717) is 11.6 Å². The summed E-state index contributed by atoms with van der Waals surface area (Å²) in [6, 6.07) is 6.73. The smallest absolute Gasteiger partial charge is 0.335 e. The van der Waals surface area contributed by atoms with Gasteiger partial charge in [0.1, 0.15) is 5.82 Å². The third-order valence-electron chi connectivity index (χ3n) is 3.35. The first-order valence-electron chi connectivity index (χ1n) is 6.33. The van der Waals surface area contributed by atoms with Crippen LogP contribution in [0.4, 0.5) is 5.82 Å². The number of nitrogens with zero attached hydrogens (tertiary/aromatic N) is 2. The Morgan fingerprint density at radius 1 is 1.43 bits per heavy atom. The van der Waals surface area contributed by atoms with Gasteiger partial charge in [-0.05, 0) is 17.7 Å². The highest BCUT2D eigenvalue weighted by atomic mass is 32.2. The summed E-state index contributed by atoms with van der Waals surface area (Å²) in [5, 5.41) is 15.9. The lowest BCUT2D eigenvalue weighted by Gasteiger charge is -2.14. The Morgan fingerprint density at radius 2 is 2.14 bits per heavy atom. The van der Waals surface area contributed by atoms with Crippen LogP contribution in [0, 0.1) is 0 Å². The van der Waals surface area contributed by atoms with Gasteiger partial charge in [-0.15, -0.1) is 11.8 Å². The van der Waals surface area contributed by atoms with E-state index in [1.54, 1.807) is 42.2 Å². The van der Waals surface area contributed by atoms with Crippen molar-refractivity contribution in [3.8, 4) is 0 Å². The van der Waals surface area contributed by atoms with Crippen molar-refractivity contribution in [2.24, 2.45) is 7.05 Å². The van der Waals surface area contributed by atoms with Crippen LogP contribution in [-0.2, 0) is 11.8 Å². The molecule has 7 heteroatoms. The molecule has 3 rings (SSSR count). The van der Waals surface area contributed by atoms with Gasteiger partial charge in [0.25, 0.3) is 0 Å². The van der Waals surface area contributed by atoms with Gasteiger partial charge in [0, 0.05) is 12.6 Å². The van der Waals surface area contributed by atoms with E-state index in [9.17, 15) is 9.59 Å². The number of anilines is 1. The van der Waals surface area contributed by atoms with Gasteiger partial charge in [0.2, 0.25) is 5.91 Å². The quantitative estimate of drug-likeness (QED) is 0.885. The molecule has 0 saturated heterocycles. The van der Waals surface area contributed by atoms with Crippen molar-refractivity contribution in [1.82, 2.24) is 9.78 Å². The number of aryl methyl sites for hydroxylation is 1. The van der Waals surface area contributed by atoms with Crippen molar-refractivity contribution in [3.63, 3.8) is 0 Å². The summed E-state index contributed by atoms with van der Waals surface area (Å²) in [7, 11) is 1.78. The van der Waals surface area contributed by atoms with E-state index in [0.717, 1.165) is 11.1 Å². The van der Waals surface area contributed by atoms with Crippen LogP contribution in [0.2, 0.25) is 0 Å². The highest BCUT2D eigenvalue weighted by Crippen LogP contribution is 2.41. The van der Waals surface area contributed by atoms with E-state index < -0.39 is 5.97 Å². The van der Waals surface area contributed by atoms with Crippen LogP contribution < -0.4 is 5.32 Å². The molecule has 1 amide bonds. The maximum Gasteiger partial charge on any atom is 0.335 e. The van der Waals surface area contributed by atoms with Crippen molar-refractivity contribution >= 4 is 29.5 Å². The molecule has 6 nitrogen and oxygen atoms in total. The van der Waals surface area contributed by atoms with E-state index in [2.05, 4.69) is 10.4 Å². The molecule has 2 N–H and O–H groups in total. The van der Waals surface area contributed by atoms with Crippen LogP contribution in [0.5, 0.6) is 0 Å². The lowest BCUT2D eigenvalue weighted by Crippen LogP contribution is -2.15. The van der Waals surface area contributed by atoms with Gasteiger partial charge in [-0.25, -0.2) is 4.79 Å². The number of amides is 1. The molecule has 1 aliphatic rings. The molecule has 0 unspecified atom stereocenters. The SMILES string of the molecule is Cn1ncc2c1NC(=O)CS[C@@H]2c1ccc(C(=O)O)cc1. The monoisotopic (exact) mass is 303 g/mol.